The molecule has 0 amide bonds. The Bertz CT molecular complexity index is 739. The molecule has 0 aliphatic heterocycles. The second-order valence-corrected chi connectivity index (χ2v) is 13.9. The number of esters is 2. The number of aliphatic carboxylic acids is 1. The first-order chi connectivity index (χ1) is 22.1. The maximum Gasteiger partial charge on any atom is 0.306 e. The molecular weight excluding hydrogens is 586 g/mol. The quantitative estimate of drug-likeness (QED) is 0.0308. The summed E-state index contributed by atoms with van der Waals surface area (Å²) in [6.45, 7) is 4.64. The van der Waals surface area contributed by atoms with Gasteiger partial charge in [-0.25, -0.2) is 0 Å². The minimum atomic E-state index is -1.61. The number of unbranched alkanes of at least 4 members (excludes halogenated alkanes) is 19. The molecule has 0 bridgehead atoms. The molecule has 0 radical (unpaired) electrons. The van der Waals surface area contributed by atoms with Gasteiger partial charge in [-0.15, -0.1) is 0 Å². The number of hydrogen-bond acceptors (Lipinski definition) is 8. The van der Waals surface area contributed by atoms with Gasteiger partial charge in [-0.2, -0.15) is 0 Å². The fraction of sp³-hybridized carbons (Fsp3) is 0.919. The molecule has 0 heterocycles. The second-order valence-electron chi connectivity index (χ2n) is 13.9. The van der Waals surface area contributed by atoms with Crippen molar-refractivity contribution in [1.29, 1.82) is 0 Å². The number of rotatable bonds is 34. The Morgan fingerprint density at radius 1 is 0.565 bits per heavy atom. The molecule has 272 valence electrons. The van der Waals surface area contributed by atoms with Gasteiger partial charge in [0.15, 0.2) is 12.4 Å². The largest absolute Gasteiger partial charge is 0.545 e. The second kappa shape index (κ2) is 30.6. The van der Waals surface area contributed by atoms with Gasteiger partial charge in [0.2, 0.25) is 0 Å². The van der Waals surface area contributed by atoms with E-state index in [-0.39, 0.29) is 32.2 Å². The van der Waals surface area contributed by atoms with Gasteiger partial charge in [-0.3, -0.25) is 9.59 Å². The Kier molecular flexibility index (Phi) is 29.5. The van der Waals surface area contributed by atoms with Crippen LogP contribution in [0.4, 0.5) is 0 Å². The fourth-order valence-electron chi connectivity index (χ4n) is 5.12. The van der Waals surface area contributed by atoms with Crippen molar-refractivity contribution in [2.24, 2.45) is 0 Å². The SMILES string of the molecule is CCCCCCCCCCCCCCCCCCC(=O)OC(COC(=O)CCCCCCC)COC(OCC[N+](C)(C)C)C(=O)[O-]. The molecule has 46 heavy (non-hydrogen) atoms. The molecule has 0 saturated heterocycles. The molecule has 0 aliphatic carbocycles. The van der Waals surface area contributed by atoms with Gasteiger partial charge in [0.05, 0.1) is 40.3 Å². The summed E-state index contributed by atoms with van der Waals surface area (Å²) in [5, 5.41) is 11.6. The number of carboxylic acid groups (broad SMARTS) is 1. The lowest BCUT2D eigenvalue weighted by Crippen LogP contribution is -2.44. The molecular formula is C37H71NO8. The third-order valence-electron chi connectivity index (χ3n) is 8.10. The normalized spacial score (nSPS) is 13.0. The first-order valence-corrected chi connectivity index (χ1v) is 18.7. The highest BCUT2D eigenvalue weighted by Crippen LogP contribution is 2.15. The minimum absolute atomic E-state index is 0.152. The standard InChI is InChI=1S/C37H71NO8/c1-6-8-10-12-13-14-15-16-17-18-19-20-21-22-24-26-28-35(40)46-33(31-44-34(39)27-25-23-11-9-7-2)32-45-37(36(41)42)43-30-29-38(3,4)5/h33,37H,6-32H2,1-5H3. The summed E-state index contributed by atoms with van der Waals surface area (Å²) >= 11 is 0. The van der Waals surface area contributed by atoms with Gasteiger partial charge in [-0.1, -0.05) is 136 Å². The summed E-state index contributed by atoms with van der Waals surface area (Å²) in [6.07, 6.45) is 23.2. The third-order valence-corrected chi connectivity index (χ3v) is 8.10. The molecule has 2 unspecified atom stereocenters. The number of quaternary nitrogens is 1. The molecule has 2 atom stereocenters. The zero-order valence-electron chi connectivity index (χ0n) is 30.5. The van der Waals surface area contributed by atoms with Crippen LogP contribution in [0.1, 0.15) is 162 Å². The van der Waals surface area contributed by atoms with Gasteiger partial charge in [-0.05, 0) is 12.8 Å². The lowest BCUT2D eigenvalue weighted by molar-refractivity contribution is -0.870. The highest BCUT2D eigenvalue weighted by molar-refractivity contribution is 5.70. The lowest BCUT2D eigenvalue weighted by atomic mass is 10.0. The summed E-state index contributed by atoms with van der Waals surface area (Å²) in [6, 6.07) is 0. The van der Waals surface area contributed by atoms with E-state index >= 15 is 0 Å². The van der Waals surface area contributed by atoms with E-state index in [0.29, 0.717) is 17.4 Å². The van der Waals surface area contributed by atoms with Gasteiger partial charge < -0.3 is 33.3 Å². The van der Waals surface area contributed by atoms with Crippen molar-refractivity contribution in [3.8, 4) is 0 Å². The van der Waals surface area contributed by atoms with E-state index in [4.69, 9.17) is 18.9 Å². The summed E-state index contributed by atoms with van der Waals surface area (Å²) in [5.41, 5.74) is 0. The summed E-state index contributed by atoms with van der Waals surface area (Å²) in [5.74, 6) is -2.29. The number of carbonyl (C=O) groups excluding carboxylic acids is 3. The maximum atomic E-state index is 12.6. The van der Waals surface area contributed by atoms with Crippen LogP contribution < -0.4 is 5.11 Å². The zero-order chi connectivity index (χ0) is 34.3. The fourth-order valence-corrected chi connectivity index (χ4v) is 5.12. The van der Waals surface area contributed by atoms with Gasteiger partial charge in [0, 0.05) is 12.8 Å². The summed E-state index contributed by atoms with van der Waals surface area (Å²) in [4.78, 5) is 36.4. The third kappa shape index (κ3) is 30.9. The van der Waals surface area contributed by atoms with Crippen LogP contribution in [0.2, 0.25) is 0 Å². The van der Waals surface area contributed by atoms with Crippen molar-refractivity contribution in [3.05, 3.63) is 0 Å². The predicted octanol–water partition coefficient (Wildman–Crippen LogP) is 7.27. The van der Waals surface area contributed by atoms with Crippen LogP contribution in [-0.2, 0) is 33.3 Å². The average Bonchev–Trinajstić information content (AvgIpc) is 3.00. The van der Waals surface area contributed by atoms with E-state index in [1.165, 1.54) is 83.5 Å². The number of carbonyl (C=O) groups is 3. The Hall–Kier alpha value is -1.71. The predicted molar refractivity (Wildman–Crippen MR) is 182 cm³/mol. The number of hydrogen-bond donors (Lipinski definition) is 0. The van der Waals surface area contributed by atoms with E-state index in [1.54, 1.807) is 0 Å². The number of nitrogens with zero attached hydrogens (tertiary/aromatic N) is 1. The van der Waals surface area contributed by atoms with E-state index in [1.807, 2.05) is 21.1 Å². The van der Waals surface area contributed by atoms with Crippen molar-refractivity contribution in [2.75, 3.05) is 47.5 Å². The van der Waals surface area contributed by atoms with E-state index in [0.717, 1.165) is 51.4 Å². The highest BCUT2D eigenvalue weighted by Gasteiger charge is 2.21. The van der Waals surface area contributed by atoms with Crippen LogP contribution in [0.25, 0.3) is 0 Å². The van der Waals surface area contributed by atoms with Crippen LogP contribution in [0.5, 0.6) is 0 Å². The van der Waals surface area contributed by atoms with Gasteiger partial charge in [0.25, 0.3) is 0 Å². The van der Waals surface area contributed by atoms with Crippen LogP contribution >= 0.6 is 0 Å². The van der Waals surface area contributed by atoms with Crippen molar-refractivity contribution in [2.45, 2.75) is 174 Å². The minimum Gasteiger partial charge on any atom is -0.545 e. The van der Waals surface area contributed by atoms with E-state index in [2.05, 4.69) is 13.8 Å². The van der Waals surface area contributed by atoms with Crippen LogP contribution in [0.3, 0.4) is 0 Å². The average molecular weight is 658 g/mol. The Morgan fingerprint density at radius 3 is 1.39 bits per heavy atom. The molecule has 0 spiro atoms. The van der Waals surface area contributed by atoms with Crippen molar-refractivity contribution in [1.82, 2.24) is 0 Å². The number of likely N-dealkylation sites (N-methyl/N-ethyl adjacent to an activating group) is 1. The maximum absolute atomic E-state index is 12.6. The molecule has 0 aromatic heterocycles. The summed E-state index contributed by atoms with van der Waals surface area (Å²) in [7, 11) is 5.89. The number of ether oxygens (including phenoxy) is 4. The Labute approximate surface area is 282 Å². The molecule has 0 saturated carbocycles. The van der Waals surface area contributed by atoms with Crippen molar-refractivity contribution >= 4 is 17.9 Å². The highest BCUT2D eigenvalue weighted by atomic mass is 16.7. The molecule has 0 N–H and O–H groups in total. The van der Waals surface area contributed by atoms with Gasteiger partial charge in [0.1, 0.15) is 13.2 Å². The zero-order valence-corrected chi connectivity index (χ0v) is 30.5. The molecule has 0 aromatic rings. The van der Waals surface area contributed by atoms with Crippen molar-refractivity contribution < 1.29 is 42.9 Å². The van der Waals surface area contributed by atoms with E-state index < -0.39 is 24.3 Å². The first-order valence-electron chi connectivity index (χ1n) is 18.7. The lowest BCUT2D eigenvalue weighted by Gasteiger charge is -2.26. The Balaban J connectivity index is 4.37. The first kappa shape index (κ1) is 44.3. The topological polar surface area (TPSA) is 111 Å². The molecule has 0 rings (SSSR count). The van der Waals surface area contributed by atoms with E-state index in [9.17, 15) is 19.5 Å². The molecule has 0 aliphatic rings. The molecule has 0 fully saturated rings. The van der Waals surface area contributed by atoms with Gasteiger partial charge >= 0.3 is 11.9 Å². The molecule has 9 heteroatoms. The van der Waals surface area contributed by atoms with Crippen LogP contribution in [0.15, 0.2) is 0 Å². The molecule has 9 nitrogen and oxygen atoms in total. The van der Waals surface area contributed by atoms with Crippen molar-refractivity contribution in [3.63, 3.8) is 0 Å². The van der Waals surface area contributed by atoms with Crippen LogP contribution in [-0.4, -0.2) is 82.3 Å². The number of carboxylic acids is 1. The Morgan fingerprint density at radius 2 is 0.978 bits per heavy atom. The molecule has 0 aromatic carbocycles. The summed E-state index contributed by atoms with van der Waals surface area (Å²) < 4.78 is 22.3. The smallest absolute Gasteiger partial charge is 0.306 e. The monoisotopic (exact) mass is 658 g/mol. The van der Waals surface area contributed by atoms with Crippen LogP contribution in [0, 0.1) is 0 Å².